The van der Waals surface area contributed by atoms with E-state index in [2.05, 4.69) is 11.7 Å². The van der Waals surface area contributed by atoms with E-state index in [1.807, 2.05) is 0 Å². The molecule has 1 heterocycles. The number of primary amides is 1. The lowest BCUT2D eigenvalue weighted by molar-refractivity contribution is -0.117. The molecule has 1 saturated heterocycles. The van der Waals surface area contributed by atoms with Crippen LogP contribution in [0.3, 0.4) is 0 Å². The first-order chi connectivity index (χ1) is 15.8. The van der Waals surface area contributed by atoms with Gasteiger partial charge in [-0.15, -0.1) is 0 Å². The van der Waals surface area contributed by atoms with E-state index in [1.54, 1.807) is 47.4 Å². The number of amides is 2. The van der Waals surface area contributed by atoms with Crippen LogP contribution < -0.4 is 15.4 Å². The van der Waals surface area contributed by atoms with Crippen LogP contribution in [0.25, 0.3) is 0 Å². The molecular weight excluding hydrogens is 452 g/mol. The first-order valence-corrected chi connectivity index (χ1v) is 10.3. The van der Waals surface area contributed by atoms with Gasteiger partial charge < -0.3 is 15.4 Å². The first kappa shape index (κ1) is 22.4. The lowest BCUT2D eigenvalue weighted by Gasteiger charge is -2.18. The van der Waals surface area contributed by atoms with Gasteiger partial charge in [0.25, 0.3) is 0 Å². The molecule has 0 spiro atoms. The molecule has 1 atom stereocenters. The van der Waals surface area contributed by atoms with E-state index in [-0.39, 0.29) is 40.5 Å². The molecule has 0 saturated carbocycles. The van der Waals surface area contributed by atoms with Crippen molar-refractivity contribution < 1.29 is 23.1 Å². The van der Waals surface area contributed by atoms with E-state index < -0.39 is 17.5 Å². The van der Waals surface area contributed by atoms with Crippen LogP contribution in [0.5, 0.6) is 11.5 Å². The number of halogens is 3. The van der Waals surface area contributed by atoms with Crippen molar-refractivity contribution in [3.8, 4) is 11.5 Å². The minimum absolute atomic E-state index is 0.121. The van der Waals surface area contributed by atoms with E-state index in [1.165, 1.54) is 0 Å². The molecule has 168 valence electrons. The second-order valence-corrected chi connectivity index (χ2v) is 7.91. The molecule has 3 aromatic carbocycles. The summed E-state index contributed by atoms with van der Waals surface area (Å²) in [6.45, 7) is 3.65. The maximum Gasteiger partial charge on any atom is 0.248 e. The number of hydrogen-bond donors (Lipinski definition) is 1. The van der Waals surface area contributed by atoms with Gasteiger partial charge in [0.05, 0.1) is 5.02 Å². The van der Waals surface area contributed by atoms with Crippen molar-refractivity contribution in [2.75, 3.05) is 11.4 Å². The minimum atomic E-state index is -0.914. The summed E-state index contributed by atoms with van der Waals surface area (Å²) in [6.07, 6.45) is 0.218. The molecule has 2 N–H and O–H groups in total. The quantitative estimate of drug-likeness (QED) is 0.493. The predicted octanol–water partition coefficient (Wildman–Crippen LogP) is 5.36. The fourth-order valence-corrected chi connectivity index (χ4v) is 3.91. The van der Waals surface area contributed by atoms with Crippen molar-refractivity contribution in [3.63, 3.8) is 0 Å². The third-order valence-corrected chi connectivity index (χ3v) is 5.68. The van der Waals surface area contributed by atoms with Gasteiger partial charge >= 0.3 is 0 Å². The maximum atomic E-state index is 14.0. The second kappa shape index (κ2) is 8.99. The average Bonchev–Trinajstić information content (AvgIpc) is 3.16. The highest BCUT2D eigenvalue weighted by atomic mass is 35.5. The third-order valence-electron chi connectivity index (χ3n) is 5.37. The summed E-state index contributed by atoms with van der Waals surface area (Å²) in [6, 6.07) is 13.2. The molecule has 33 heavy (non-hydrogen) atoms. The smallest absolute Gasteiger partial charge is 0.248 e. The molecule has 1 aliphatic rings. The molecule has 0 bridgehead atoms. The van der Waals surface area contributed by atoms with Gasteiger partial charge in [-0.05, 0) is 42.6 Å². The largest absolute Gasteiger partial charge is 0.453 e. The molecule has 3 aromatic rings. The highest BCUT2D eigenvalue weighted by Gasteiger charge is 2.32. The molecule has 0 aromatic heterocycles. The number of aliphatic imine (C=N–C) groups is 1. The summed E-state index contributed by atoms with van der Waals surface area (Å²) in [7, 11) is 0. The van der Waals surface area contributed by atoms with Crippen molar-refractivity contribution in [1.29, 1.82) is 0 Å². The van der Waals surface area contributed by atoms with Gasteiger partial charge in [0, 0.05) is 42.3 Å². The van der Waals surface area contributed by atoms with Crippen LogP contribution in [0.15, 0.2) is 59.6 Å². The Kier molecular flexibility index (Phi) is 6.11. The van der Waals surface area contributed by atoms with Gasteiger partial charge in [-0.25, -0.2) is 8.78 Å². The Balaban J connectivity index is 1.61. The Morgan fingerprint density at radius 3 is 2.67 bits per heavy atom. The summed E-state index contributed by atoms with van der Waals surface area (Å²) >= 11 is 6.25. The van der Waals surface area contributed by atoms with Crippen LogP contribution in [-0.4, -0.2) is 25.1 Å². The van der Waals surface area contributed by atoms with Crippen molar-refractivity contribution >= 4 is 41.5 Å². The first-order valence-electron chi connectivity index (χ1n) is 9.90. The average molecular weight is 470 g/mol. The number of carbonyl (C=O) groups excluding carboxylic acids is 2. The SMILES string of the molecule is C=Nc1c(F)cc(F)cc1Oc1cc([C@H]2CC(=O)N(c3cccc(C(N)=O)c3)C2)ccc1Cl. The van der Waals surface area contributed by atoms with Crippen LogP contribution in [0.1, 0.15) is 28.3 Å². The van der Waals surface area contributed by atoms with E-state index >= 15 is 0 Å². The zero-order valence-electron chi connectivity index (χ0n) is 17.2. The van der Waals surface area contributed by atoms with Gasteiger partial charge in [0.1, 0.15) is 17.3 Å². The van der Waals surface area contributed by atoms with E-state index in [4.69, 9.17) is 22.1 Å². The molecular formula is C24H18ClF2N3O3. The zero-order valence-corrected chi connectivity index (χ0v) is 18.0. The van der Waals surface area contributed by atoms with E-state index in [9.17, 15) is 18.4 Å². The van der Waals surface area contributed by atoms with Crippen LogP contribution in [-0.2, 0) is 4.79 Å². The topological polar surface area (TPSA) is 85.0 Å². The molecule has 0 aliphatic carbocycles. The Hall–Kier alpha value is -3.78. The fourth-order valence-electron chi connectivity index (χ4n) is 3.75. The maximum absolute atomic E-state index is 14.0. The number of rotatable bonds is 6. The van der Waals surface area contributed by atoms with Crippen molar-refractivity contribution in [2.24, 2.45) is 10.7 Å². The molecule has 1 fully saturated rings. The monoisotopic (exact) mass is 469 g/mol. The minimum Gasteiger partial charge on any atom is -0.453 e. The van der Waals surface area contributed by atoms with E-state index in [0.717, 1.165) is 11.6 Å². The van der Waals surface area contributed by atoms with Gasteiger partial charge in [-0.2, -0.15) is 0 Å². The van der Waals surface area contributed by atoms with Crippen LogP contribution >= 0.6 is 11.6 Å². The second-order valence-electron chi connectivity index (χ2n) is 7.50. The van der Waals surface area contributed by atoms with Crippen LogP contribution in [0.2, 0.25) is 5.02 Å². The summed E-state index contributed by atoms with van der Waals surface area (Å²) in [4.78, 5) is 29.3. The van der Waals surface area contributed by atoms with Gasteiger partial charge in [0.15, 0.2) is 11.6 Å². The Morgan fingerprint density at radius 2 is 1.94 bits per heavy atom. The predicted molar refractivity (Wildman–Crippen MR) is 122 cm³/mol. The molecule has 0 radical (unpaired) electrons. The van der Waals surface area contributed by atoms with E-state index in [0.29, 0.717) is 23.9 Å². The normalized spacial score (nSPS) is 15.5. The number of ether oxygens (including phenoxy) is 1. The number of hydrogen-bond acceptors (Lipinski definition) is 4. The van der Waals surface area contributed by atoms with Crippen molar-refractivity contribution in [3.05, 3.63) is 82.4 Å². The standard InChI is InChI=1S/C24H18ClF2N3O3/c1-29-23-19(27)10-16(26)11-21(23)33-20-8-13(5-6-18(20)25)15-9-22(31)30(12-15)17-4-2-3-14(7-17)24(28)32/h2-8,10-11,15H,1,9,12H2,(H2,28,32)/t15-/m0/s1. The Morgan fingerprint density at radius 1 is 1.15 bits per heavy atom. The lowest BCUT2D eigenvalue weighted by Crippen LogP contribution is -2.24. The summed E-state index contributed by atoms with van der Waals surface area (Å²) in [5.74, 6) is -2.67. The summed E-state index contributed by atoms with van der Waals surface area (Å²) in [5.41, 5.74) is 6.73. The molecule has 2 amide bonds. The fraction of sp³-hybridized carbons (Fsp3) is 0.125. The highest BCUT2D eigenvalue weighted by molar-refractivity contribution is 6.32. The van der Waals surface area contributed by atoms with Gasteiger partial charge in [-0.1, -0.05) is 23.7 Å². The number of nitrogens with zero attached hydrogens (tertiary/aromatic N) is 2. The van der Waals surface area contributed by atoms with Crippen molar-refractivity contribution in [2.45, 2.75) is 12.3 Å². The van der Waals surface area contributed by atoms with Crippen molar-refractivity contribution in [1.82, 2.24) is 0 Å². The summed E-state index contributed by atoms with van der Waals surface area (Å²) < 4.78 is 33.4. The zero-order chi connectivity index (χ0) is 23.7. The Bertz CT molecular complexity index is 1280. The molecule has 6 nitrogen and oxygen atoms in total. The van der Waals surface area contributed by atoms with Crippen LogP contribution in [0, 0.1) is 11.6 Å². The number of benzene rings is 3. The highest BCUT2D eigenvalue weighted by Crippen LogP contribution is 2.40. The molecule has 9 heteroatoms. The lowest BCUT2D eigenvalue weighted by atomic mass is 9.98. The molecule has 0 unspecified atom stereocenters. The molecule has 1 aliphatic heterocycles. The van der Waals surface area contributed by atoms with Gasteiger partial charge in [-0.3, -0.25) is 14.6 Å². The third kappa shape index (κ3) is 4.56. The Labute approximate surface area is 193 Å². The van der Waals surface area contributed by atoms with Gasteiger partial charge in [0.2, 0.25) is 11.8 Å². The van der Waals surface area contributed by atoms with Crippen LogP contribution in [0.4, 0.5) is 20.2 Å². The number of anilines is 1. The number of nitrogens with two attached hydrogens (primary N) is 1. The number of carbonyl (C=O) groups is 2. The summed E-state index contributed by atoms with van der Waals surface area (Å²) in [5, 5.41) is 0.216. The molecule has 4 rings (SSSR count).